The Morgan fingerprint density at radius 3 is 0.692 bits per heavy atom. The summed E-state index contributed by atoms with van der Waals surface area (Å²) in [7, 11) is 0. The van der Waals surface area contributed by atoms with Crippen LogP contribution in [-0.2, 0) is 0 Å². The molecule has 0 aliphatic carbocycles. The van der Waals surface area contributed by atoms with Crippen LogP contribution in [0.25, 0.3) is 0 Å². The zero-order chi connectivity index (χ0) is 12.1. The SMILES string of the molecule is C=CC.C=CC=C.CC.CC.CC. The van der Waals surface area contributed by atoms with Crippen LogP contribution >= 0.6 is 0 Å². The van der Waals surface area contributed by atoms with E-state index in [4.69, 9.17) is 0 Å². The molecule has 0 aliphatic heterocycles. The first-order chi connectivity index (χ1) is 6.33. The second-order valence-electron chi connectivity index (χ2n) is 0.880. The van der Waals surface area contributed by atoms with Crippen LogP contribution in [-0.4, -0.2) is 0 Å². The maximum absolute atomic E-state index is 3.36. The molecule has 82 valence electrons. The van der Waals surface area contributed by atoms with Crippen LogP contribution in [0.1, 0.15) is 48.5 Å². The summed E-state index contributed by atoms with van der Waals surface area (Å²) in [6.07, 6.45) is 5.03. The first-order valence-corrected chi connectivity index (χ1v) is 5.14. The summed E-state index contributed by atoms with van der Waals surface area (Å²) in [5, 5.41) is 0. The van der Waals surface area contributed by atoms with Crippen molar-refractivity contribution >= 4 is 0 Å². The number of hydrogen-bond acceptors (Lipinski definition) is 0. The van der Waals surface area contributed by atoms with Gasteiger partial charge in [-0.3, -0.25) is 0 Å². The normalized spacial score (nSPS) is 3.92. The standard InChI is InChI=1S/C4H6.C3H6.3C2H6/c1-3-4-2;1-3-2;3*1-2/h3-4H,1-2H2;3H,1H2,2H3;3*1-2H3. The van der Waals surface area contributed by atoms with Gasteiger partial charge in [-0.25, -0.2) is 0 Å². The average molecular weight is 186 g/mol. The molecule has 0 atom stereocenters. The minimum absolute atomic E-state index is 1.64. The Kier molecular flexibility index (Phi) is 540. The molecule has 0 N–H and O–H groups in total. The molecule has 0 spiro atoms. The molecule has 0 aromatic carbocycles. The van der Waals surface area contributed by atoms with Gasteiger partial charge in [0.25, 0.3) is 0 Å². The van der Waals surface area contributed by atoms with Crippen molar-refractivity contribution in [2.75, 3.05) is 0 Å². The topological polar surface area (TPSA) is 0 Å². The van der Waals surface area contributed by atoms with Crippen molar-refractivity contribution in [2.24, 2.45) is 0 Å². The molecule has 0 bridgehead atoms. The molecule has 0 radical (unpaired) electrons. The van der Waals surface area contributed by atoms with E-state index in [9.17, 15) is 0 Å². The summed E-state index contributed by atoms with van der Waals surface area (Å²) in [6.45, 7) is 24.0. The van der Waals surface area contributed by atoms with Crippen molar-refractivity contribution in [3.05, 3.63) is 38.0 Å². The van der Waals surface area contributed by atoms with Crippen molar-refractivity contribution in [1.29, 1.82) is 0 Å². The van der Waals surface area contributed by atoms with Gasteiger partial charge in [-0.1, -0.05) is 72.9 Å². The van der Waals surface area contributed by atoms with Crippen molar-refractivity contribution in [3.8, 4) is 0 Å². The molecule has 0 unspecified atom stereocenters. The first kappa shape index (κ1) is 29.5. The summed E-state index contributed by atoms with van der Waals surface area (Å²) in [5.74, 6) is 0. The first-order valence-electron chi connectivity index (χ1n) is 5.14. The molecule has 0 nitrogen and oxygen atoms in total. The Hall–Kier alpha value is -0.780. The van der Waals surface area contributed by atoms with E-state index in [1.54, 1.807) is 18.2 Å². The summed E-state index contributed by atoms with van der Waals surface area (Å²) in [6, 6.07) is 0. The third kappa shape index (κ3) is 19700. The second-order valence-corrected chi connectivity index (χ2v) is 0.880. The summed E-state index contributed by atoms with van der Waals surface area (Å²) in [4.78, 5) is 0. The van der Waals surface area contributed by atoms with Crippen molar-refractivity contribution in [3.63, 3.8) is 0 Å². The van der Waals surface area contributed by atoms with Crippen molar-refractivity contribution in [1.82, 2.24) is 0 Å². The van der Waals surface area contributed by atoms with Crippen LogP contribution < -0.4 is 0 Å². The van der Waals surface area contributed by atoms with Gasteiger partial charge in [-0.2, -0.15) is 0 Å². The summed E-state index contributed by atoms with van der Waals surface area (Å²) in [5.41, 5.74) is 0. The molecule has 0 heterocycles. The summed E-state index contributed by atoms with van der Waals surface area (Å²) >= 11 is 0. The van der Waals surface area contributed by atoms with Crippen LogP contribution in [0, 0.1) is 0 Å². The molecule has 0 saturated carbocycles. The van der Waals surface area contributed by atoms with E-state index in [1.165, 1.54) is 0 Å². The monoisotopic (exact) mass is 186 g/mol. The van der Waals surface area contributed by atoms with E-state index in [-0.39, 0.29) is 0 Å². The van der Waals surface area contributed by atoms with Gasteiger partial charge in [-0.15, -0.1) is 6.58 Å². The highest BCUT2D eigenvalue weighted by Crippen LogP contribution is 1.52. The molecule has 0 aromatic rings. The number of allylic oxidation sites excluding steroid dienone is 3. The van der Waals surface area contributed by atoms with Crippen LogP contribution in [0.15, 0.2) is 38.0 Å². The molecule has 0 saturated heterocycles. The molecule has 0 heteroatoms. The van der Waals surface area contributed by atoms with Crippen molar-refractivity contribution < 1.29 is 0 Å². The lowest BCUT2D eigenvalue weighted by molar-refractivity contribution is 1.50. The van der Waals surface area contributed by atoms with Crippen molar-refractivity contribution in [2.45, 2.75) is 48.5 Å². The lowest BCUT2D eigenvalue weighted by Gasteiger charge is -1.44. The predicted octanol–water partition coefficient (Wildman–Crippen LogP) is 5.63. The van der Waals surface area contributed by atoms with Crippen LogP contribution in [0.2, 0.25) is 0 Å². The maximum atomic E-state index is 3.36. The lowest BCUT2D eigenvalue weighted by atomic mass is 10.6. The predicted molar refractivity (Wildman–Crippen MR) is 70.3 cm³/mol. The fourth-order valence-corrected chi connectivity index (χ4v) is 0. The van der Waals surface area contributed by atoms with E-state index in [0.29, 0.717) is 0 Å². The smallest absolute Gasteiger partial charge is 0.0473 e. The molecular weight excluding hydrogens is 156 g/mol. The third-order valence-electron chi connectivity index (χ3n) is 0.167. The highest BCUT2D eigenvalue weighted by molar-refractivity contribution is 4.88. The Balaban J connectivity index is -0.0000000215. The van der Waals surface area contributed by atoms with Gasteiger partial charge in [0.15, 0.2) is 0 Å². The van der Waals surface area contributed by atoms with E-state index >= 15 is 0 Å². The molecule has 13 heavy (non-hydrogen) atoms. The Bertz CT molecular complexity index is 45.1. The van der Waals surface area contributed by atoms with E-state index in [2.05, 4.69) is 19.7 Å². The zero-order valence-corrected chi connectivity index (χ0v) is 10.9. The highest BCUT2D eigenvalue weighted by Gasteiger charge is 1.29. The molecule has 0 amide bonds. The van der Waals surface area contributed by atoms with Gasteiger partial charge in [-0.05, 0) is 6.92 Å². The quantitative estimate of drug-likeness (QED) is 0.368. The molecule has 0 aliphatic rings. The van der Waals surface area contributed by atoms with Crippen LogP contribution in [0.4, 0.5) is 0 Å². The molecule has 0 rings (SSSR count). The molecule has 0 aromatic heterocycles. The minimum Gasteiger partial charge on any atom is -0.103 e. The second kappa shape index (κ2) is 238. The average Bonchev–Trinajstić information content (AvgIpc) is 2.27. The van der Waals surface area contributed by atoms with Gasteiger partial charge < -0.3 is 0 Å². The van der Waals surface area contributed by atoms with E-state index in [0.717, 1.165) is 0 Å². The number of rotatable bonds is 1. The maximum Gasteiger partial charge on any atom is -0.0473 e. The lowest BCUT2D eigenvalue weighted by Crippen LogP contribution is -1.21. The zero-order valence-electron chi connectivity index (χ0n) is 10.9. The van der Waals surface area contributed by atoms with Crippen LogP contribution in [0.5, 0.6) is 0 Å². The van der Waals surface area contributed by atoms with Gasteiger partial charge in [0, 0.05) is 0 Å². The third-order valence-corrected chi connectivity index (χ3v) is 0.167. The minimum atomic E-state index is 1.64. The fourth-order valence-electron chi connectivity index (χ4n) is 0. The van der Waals surface area contributed by atoms with Gasteiger partial charge >= 0.3 is 0 Å². The fraction of sp³-hybridized carbons (Fsp3) is 0.538. The summed E-state index contributed by atoms with van der Waals surface area (Å²) < 4.78 is 0. The molecule has 0 fully saturated rings. The largest absolute Gasteiger partial charge is 0.103 e. The Labute approximate surface area is 87.1 Å². The van der Waals surface area contributed by atoms with E-state index in [1.807, 2.05) is 48.5 Å². The Morgan fingerprint density at radius 2 is 0.692 bits per heavy atom. The van der Waals surface area contributed by atoms with Gasteiger partial charge in [0.05, 0.1) is 0 Å². The molecular formula is C13H30. The van der Waals surface area contributed by atoms with E-state index < -0.39 is 0 Å². The van der Waals surface area contributed by atoms with Gasteiger partial charge in [0.1, 0.15) is 0 Å². The van der Waals surface area contributed by atoms with Crippen LogP contribution in [0.3, 0.4) is 0 Å². The Morgan fingerprint density at radius 1 is 0.615 bits per heavy atom. The van der Waals surface area contributed by atoms with Gasteiger partial charge in [0.2, 0.25) is 0 Å². The number of hydrogen-bond donors (Lipinski definition) is 0. The highest BCUT2D eigenvalue weighted by atomic mass is 13.4.